The summed E-state index contributed by atoms with van der Waals surface area (Å²) in [4.78, 5) is 35.3. The maximum absolute atomic E-state index is 13.4. The van der Waals surface area contributed by atoms with Crippen molar-refractivity contribution in [2.24, 2.45) is 0 Å². The molecule has 1 saturated heterocycles. The van der Waals surface area contributed by atoms with Gasteiger partial charge >= 0.3 is 6.09 Å². The number of aromatic nitrogens is 2. The minimum absolute atomic E-state index is 0.00398. The van der Waals surface area contributed by atoms with Crippen LogP contribution in [0.3, 0.4) is 0 Å². The summed E-state index contributed by atoms with van der Waals surface area (Å²) in [6, 6.07) is 20.2. The molecule has 2 atom stereocenters. The molecule has 190 valence electrons. The van der Waals surface area contributed by atoms with E-state index in [2.05, 4.69) is 51.7 Å². The molecular formula is C29H30N4O3S. The molecular weight excluding hydrogens is 484 g/mol. The van der Waals surface area contributed by atoms with Crippen molar-refractivity contribution in [3.05, 3.63) is 89.0 Å². The Hall–Kier alpha value is -3.91. The van der Waals surface area contributed by atoms with E-state index in [1.807, 2.05) is 46.1 Å². The molecule has 2 amide bonds. The predicted octanol–water partition coefficient (Wildman–Crippen LogP) is 5.83. The molecule has 1 aliphatic heterocycles. The van der Waals surface area contributed by atoms with Gasteiger partial charge in [-0.3, -0.25) is 4.79 Å². The van der Waals surface area contributed by atoms with Gasteiger partial charge in [0, 0.05) is 19.0 Å². The third kappa shape index (κ3) is 5.91. The van der Waals surface area contributed by atoms with Gasteiger partial charge < -0.3 is 19.9 Å². The van der Waals surface area contributed by atoms with Crippen molar-refractivity contribution in [2.75, 3.05) is 13.7 Å². The van der Waals surface area contributed by atoms with Gasteiger partial charge in [-0.15, -0.1) is 0 Å². The highest BCUT2D eigenvalue weighted by molar-refractivity contribution is 7.07. The zero-order valence-corrected chi connectivity index (χ0v) is 21.5. The fourth-order valence-electron chi connectivity index (χ4n) is 4.90. The summed E-state index contributed by atoms with van der Waals surface area (Å²) in [7, 11) is 1.33. The Morgan fingerprint density at radius 1 is 1.11 bits per heavy atom. The Kier molecular flexibility index (Phi) is 7.65. The molecule has 2 N–H and O–H groups in total. The first-order valence-corrected chi connectivity index (χ1v) is 13.4. The monoisotopic (exact) mass is 514 g/mol. The van der Waals surface area contributed by atoms with Gasteiger partial charge in [0.1, 0.15) is 5.82 Å². The molecule has 3 heterocycles. The number of H-pyrrole nitrogens is 1. The number of methoxy groups -OCH3 is 1. The number of imidazole rings is 1. The van der Waals surface area contributed by atoms with E-state index in [1.54, 1.807) is 11.3 Å². The second-order valence-electron chi connectivity index (χ2n) is 9.24. The fourth-order valence-corrected chi connectivity index (χ4v) is 5.58. The minimum Gasteiger partial charge on any atom is -0.453 e. The van der Waals surface area contributed by atoms with E-state index in [-0.39, 0.29) is 24.4 Å². The lowest BCUT2D eigenvalue weighted by Crippen LogP contribution is -2.41. The summed E-state index contributed by atoms with van der Waals surface area (Å²) in [6.07, 6.45) is 3.86. The Morgan fingerprint density at radius 3 is 2.59 bits per heavy atom. The number of nitrogens with one attached hydrogen (secondary N) is 2. The third-order valence-corrected chi connectivity index (χ3v) is 7.51. The quantitative estimate of drug-likeness (QED) is 0.310. The predicted molar refractivity (Wildman–Crippen MR) is 145 cm³/mol. The molecule has 1 fully saturated rings. The number of alkyl carbamates (subject to hydrolysis) is 1. The van der Waals surface area contributed by atoms with Gasteiger partial charge in [-0.25, -0.2) is 9.78 Å². The van der Waals surface area contributed by atoms with Gasteiger partial charge in [0.25, 0.3) is 0 Å². The minimum atomic E-state index is -0.528. The van der Waals surface area contributed by atoms with Crippen molar-refractivity contribution in [1.29, 1.82) is 0 Å². The van der Waals surface area contributed by atoms with E-state index < -0.39 is 6.09 Å². The van der Waals surface area contributed by atoms with Gasteiger partial charge in [-0.2, -0.15) is 11.3 Å². The number of ether oxygens (including phenoxy) is 1. The lowest BCUT2D eigenvalue weighted by molar-refractivity contribution is -0.132. The molecule has 8 heteroatoms. The van der Waals surface area contributed by atoms with Crippen molar-refractivity contribution in [1.82, 2.24) is 20.2 Å². The van der Waals surface area contributed by atoms with Gasteiger partial charge in [0.15, 0.2) is 0 Å². The number of carbonyl (C=O) groups is 2. The summed E-state index contributed by atoms with van der Waals surface area (Å²) in [5.41, 5.74) is 5.41. The van der Waals surface area contributed by atoms with Crippen LogP contribution in [0.15, 0.2) is 77.6 Å². The average molecular weight is 515 g/mol. The highest BCUT2D eigenvalue weighted by Gasteiger charge is 2.33. The van der Waals surface area contributed by atoms with E-state index in [0.29, 0.717) is 13.0 Å². The lowest BCUT2D eigenvalue weighted by Gasteiger charge is -2.26. The molecule has 0 spiro atoms. The van der Waals surface area contributed by atoms with E-state index in [4.69, 9.17) is 4.74 Å². The number of hydrogen-bond donors (Lipinski definition) is 2. The molecule has 0 bridgehead atoms. The molecule has 0 aliphatic carbocycles. The number of hydrogen-bond acceptors (Lipinski definition) is 5. The first-order valence-electron chi connectivity index (χ1n) is 12.5. The van der Waals surface area contributed by atoms with Crippen LogP contribution in [0.4, 0.5) is 4.79 Å². The van der Waals surface area contributed by atoms with Crippen molar-refractivity contribution >= 4 is 23.3 Å². The van der Waals surface area contributed by atoms with E-state index in [9.17, 15) is 9.59 Å². The van der Waals surface area contributed by atoms with Crippen molar-refractivity contribution in [2.45, 2.75) is 37.8 Å². The number of benzene rings is 2. The normalized spacial score (nSPS) is 15.9. The van der Waals surface area contributed by atoms with Crippen LogP contribution in [0.1, 0.15) is 36.7 Å². The highest BCUT2D eigenvalue weighted by atomic mass is 32.1. The topological polar surface area (TPSA) is 87.3 Å². The van der Waals surface area contributed by atoms with Crippen molar-refractivity contribution in [3.63, 3.8) is 0 Å². The summed E-state index contributed by atoms with van der Waals surface area (Å²) < 4.78 is 4.79. The van der Waals surface area contributed by atoms with Crippen LogP contribution >= 0.6 is 11.3 Å². The number of nitrogens with zero attached hydrogens (tertiary/aromatic N) is 2. The number of likely N-dealkylation sites (tertiary alicyclic amines) is 1. The smallest absolute Gasteiger partial charge is 0.407 e. The zero-order valence-electron chi connectivity index (χ0n) is 20.7. The Balaban J connectivity index is 1.27. The molecule has 0 saturated carbocycles. The Morgan fingerprint density at radius 2 is 1.86 bits per heavy atom. The maximum Gasteiger partial charge on any atom is 0.407 e. The molecule has 0 unspecified atom stereocenters. The number of aromatic amines is 1. The molecule has 7 nitrogen and oxygen atoms in total. The summed E-state index contributed by atoms with van der Waals surface area (Å²) >= 11 is 1.60. The highest BCUT2D eigenvalue weighted by Crippen LogP contribution is 2.33. The van der Waals surface area contributed by atoms with Crippen LogP contribution in [0.25, 0.3) is 22.4 Å². The molecule has 37 heavy (non-hydrogen) atoms. The van der Waals surface area contributed by atoms with E-state index in [0.717, 1.165) is 41.1 Å². The number of amides is 2. The molecule has 1 aliphatic rings. The lowest BCUT2D eigenvalue weighted by atomic mass is 10.0. The van der Waals surface area contributed by atoms with Gasteiger partial charge in [-0.1, -0.05) is 54.6 Å². The fraction of sp³-hybridized carbons (Fsp3) is 0.276. The zero-order chi connectivity index (χ0) is 25.6. The van der Waals surface area contributed by atoms with E-state index >= 15 is 0 Å². The maximum atomic E-state index is 13.4. The first kappa shape index (κ1) is 24.8. The Bertz CT molecular complexity index is 1320. The second-order valence-corrected chi connectivity index (χ2v) is 10.0. The summed E-state index contributed by atoms with van der Waals surface area (Å²) in [6.45, 7) is 0.675. The van der Waals surface area contributed by atoms with E-state index in [1.165, 1.54) is 12.7 Å². The largest absolute Gasteiger partial charge is 0.453 e. The van der Waals surface area contributed by atoms with Crippen LogP contribution in [0, 0.1) is 0 Å². The molecule has 0 radical (unpaired) electrons. The van der Waals surface area contributed by atoms with Crippen LogP contribution < -0.4 is 5.32 Å². The van der Waals surface area contributed by atoms with Crippen molar-refractivity contribution in [3.8, 4) is 22.4 Å². The van der Waals surface area contributed by atoms with Crippen LogP contribution in [-0.4, -0.2) is 46.6 Å². The molecule has 2 aromatic carbocycles. The van der Waals surface area contributed by atoms with Gasteiger partial charge in [0.05, 0.1) is 25.0 Å². The standard InChI is InChI=1S/C29H30N4O3S/c1-36-29(35)31-24(16-20-13-15-37-19-20)17-27(34)33-14-5-8-26(33)28-30-18-25(32-28)23-11-9-22(10-12-23)21-6-3-2-4-7-21/h2-4,6-7,9-13,15,18-19,24,26H,5,8,14,16-17H2,1H3,(H,30,32)(H,31,35)/t24-,26+/m1/s1. The van der Waals surface area contributed by atoms with Crippen LogP contribution in [-0.2, 0) is 16.0 Å². The van der Waals surface area contributed by atoms with Gasteiger partial charge in [-0.05, 0) is 58.3 Å². The van der Waals surface area contributed by atoms with Crippen LogP contribution in [0.2, 0.25) is 0 Å². The molecule has 5 rings (SSSR count). The number of rotatable bonds is 8. The summed E-state index contributed by atoms with van der Waals surface area (Å²) in [5.74, 6) is 0.799. The number of thiophene rings is 1. The molecule has 4 aromatic rings. The molecule has 2 aromatic heterocycles. The summed E-state index contributed by atoms with van der Waals surface area (Å²) in [5, 5.41) is 6.85. The second kappa shape index (κ2) is 11.4. The van der Waals surface area contributed by atoms with Gasteiger partial charge in [0.2, 0.25) is 5.91 Å². The first-order chi connectivity index (χ1) is 18.1. The average Bonchev–Trinajstić information content (AvgIpc) is 3.71. The van der Waals surface area contributed by atoms with Crippen LogP contribution in [0.5, 0.6) is 0 Å². The third-order valence-electron chi connectivity index (χ3n) is 6.78. The van der Waals surface area contributed by atoms with Crippen molar-refractivity contribution < 1.29 is 14.3 Å². The Labute approximate surface area is 220 Å². The number of carbonyl (C=O) groups excluding carboxylic acids is 2. The SMILES string of the molecule is COC(=O)N[C@@H](CC(=O)N1CCC[C@H]1c1ncc(-c2ccc(-c3ccccc3)cc2)[nH]1)Cc1ccsc1.